The highest BCUT2D eigenvalue weighted by molar-refractivity contribution is 6.47. The van der Waals surface area contributed by atoms with E-state index in [4.69, 9.17) is 16.3 Å². The lowest BCUT2D eigenvalue weighted by Crippen LogP contribution is -2.41. The number of imide groups is 1. The average molecular weight is 378 g/mol. The summed E-state index contributed by atoms with van der Waals surface area (Å²) in [5, 5.41) is 5.14. The van der Waals surface area contributed by atoms with Gasteiger partial charge in [-0.3, -0.25) is 14.4 Å². The Balaban J connectivity index is 2.05. The third-order valence-electron chi connectivity index (χ3n) is 4.27. The maximum absolute atomic E-state index is 12.9. The lowest BCUT2D eigenvalue weighted by Gasteiger charge is -2.19. The van der Waals surface area contributed by atoms with Crippen molar-refractivity contribution in [3.05, 3.63) is 28.8 Å². The Bertz CT molecular complexity index is 866. The highest BCUT2D eigenvalue weighted by Crippen LogP contribution is 2.36. The Labute approximate surface area is 154 Å². The fraction of sp³-hybridized carbons (Fsp3) is 0.353. The molecule has 2 aliphatic heterocycles. The summed E-state index contributed by atoms with van der Waals surface area (Å²) in [4.78, 5) is 50.8. The average Bonchev–Trinajstić information content (AvgIpc) is 3.09. The van der Waals surface area contributed by atoms with Gasteiger partial charge in [-0.05, 0) is 31.5 Å². The van der Waals surface area contributed by atoms with E-state index >= 15 is 0 Å². The van der Waals surface area contributed by atoms with Gasteiger partial charge in [-0.15, -0.1) is 0 Å². The number of aryl methyl sites for hydroxylation is 1. The van der Waals surface area contributed by atoms with Crippen LogP contribution < -0.4 is 4.90 Å². The highest BCUT2D eigenvalue weighted by Gasteiger charge is 2.59. The molecule has 3 rings (SSSR count). The quantitative estimate of drug-likeness (QED) is 0.584. The van der Waals surface area contributed by atoms with Crippen LogP contribution in [0.25, 0.3) is 0 Å². The number of hydrogen-bond acceptors (Lipinski definition) is 6. The molecule has 2 heterocycles. The maximum Gasteiger partial charge on any atom is 0.355 e. The van der Waals surface area contributed by atoms with E-state index in [2.05, 4.69) is 5.10 Å². The number of hydrogen-bond donors (Lipinski definition) is 0. The minimum atomic E-state index is -1.19. The summed E-state index contributed by atoms with van der Waals surface area (Å²) >= 11 is 6.10. The van der Waals surface area contributed by atoms with Crippen molar-refractivity contribution in [2.45, 2.75) is 26.8 Å². The van der Waals surface area contributed by atoms with Crippen LogP contribution in [0.5, 0.6) is 0 Å². The van der Waals surface area contributed by atoms with Gasteiger partial charge in [0.15, 0.2) is 11.8 Å². The van der Waals surface area contributed by atoms with Gasteiger partial charge in [-0.2, -0.15) is 5.10 Å². The van der Waals surface area contributed by atoms with E-state index in [-0.39, 0.29) is 18.0 Å². The van der Waals surface area contributed by atoms with Gasteiger partial charge in [-0.1, -0.05) is 17.7 Å². The van der Waals surface area contributed by atoms with Crippen LogP contribution in [0.4, 0.5) is 5.69 Å². The summed E-state index contributed by atoms with van der Waals surface area (Å²) < 4.78 is 4.91. The summed E-state index contributed by atoms with van der Waals surface area (Å²) in [7, 11) is 0. The van der Waals surface area contributed by atoms with E-state index < -0.39 is 35.7 Å². The molecule has 1 fully saturated rings. The first-order valence-corrected chi connectivity index (χ1v) is 8.35. The lowest BCUT2D eigenvalue weighted by atomic mass is 9.98. The number of anilines is 1. The molecular weight excluding hydrogens is 362 g/mol. The smallest absolute Gasteiger partial charge is 0.355 e. The Morgan fingerprint density at radius 3 is 2.54 bits per heavy atom. The number of hydrazone groups is 1. The van der Waals surface area contributed by atoms with Crippen molar-refractivity contribution < 1.29 is 23.9 Å². The first-order chi connectivity index (χ1) is 12.3. The number of benzene rings is 1. The Kier molecular flexibility index (Phi) is 4.53. The predicted octanol–water partition coefficient (Wildman–Crippen LogP) is 1.29. The molecule has 0 unspecified atom stereocenters. The summed E-state index contributed by atoms with van der Waals surface area (Å²) in [5.74, 6) is -3.85. The van der Waals surface area contributed by atoms with Crippen LogP contribution in [0, 0.1) is 12.8 Å². The normalized spacial score (nSPS) is 21.8. The molecule has 2 atom stereocenters. The van der Waals surface area contributed by atoms with Crippen LogP contribution in [-0.4, -0.2) is 47.1 Å². The largest absolute Gasteiger partial charge is 0.461 e. The Morgan fingerprint density at radius 1 is 1.27 bits per heavy atom. The second kappa shape index (κ2) is 6.53. The number of fused-ring (bicyclic) bond motifs is 1. The minimum absolute atomic E-state index is 0.0781. The van der Waals surface area contributed by atoms with Crippen molar-refractivity contribution in [2.24, 2.45) is 11.0 Å². The maximum atomic E-state index is 12.9. The third kappa shape index (κ3) is 2.66. The lowest BCUT2D eigenvalue weighted by molar-refractivity contribution is -0.136. The molecule has 0 bridgehead atoms. The number of nitrogens with zero attached hydrogens (tertiary/aromatic N) is 3. The van der Waals surface area contributed by atoms with Gasteiger partial charge in [0.1, 0.15) is 5.92 Å². The van der Waals surface area contributed by atoms with E-state index in [1.54, 1.807) is 26.0 Å². The van der Waals surface area contributed by atoms with Gasteiger partial charge in [0.05, 0.1) is 12.3 Å². The molecule has 1 aromatic rings. The molecule has 9 heteroatoms. The number of halogens is 1. The molecule has 8 nitrogen and oxygen atoms in total. The molecule has 0 aliphatic carbocycles. The minimum Gasteiger partial charge on any atom is -0.461 e. The number of ether oxygens (including phenoxy) is 1. The predicted molar refractivity (Wildman–Crippen MR) is 92.5 cm³/mol. The van der Waals surface area contributed by atoms with Gasteiger partial charge in [-0.25, -0.2) is 14.7 Å². The number of rotatable bonds is 3. The van der Waals surface area contributed by atoms with Gasteiger partial charge in [0, 0.05) is 11.9 Å². The molecule has 2 aliphatic rings. The fourth-order valence-electron chi connectivity index (χ4n) is 3.02. The van der Waals surface area contributed by atoms with Crippen molar-refractivity contribution >= 4 is 46.7 Å². The van der Waals surface area contributed by atoms with Gasteiger partial charge in [0.2, 0.25) is 11.8 Å². The van der Waals surface area contributed by atoms with Crippen LogP contribution in [-0.2, 0) is 23.9 Å². The molecule has 0 saturated carbocycles. The molecule has 136 valence electrons. The van der Waals surface area contributed by atoms with E-state index in [1.807, 2.05) is 0 Å². The number of carbonyl (C=O) groups excluding carboxylic acids is 4. The fourth-order valence-corrected chi connectivity index (χ4v) is 3.20. The molecular formula is C17H16ClN3O5. The zero-order valence-corrected chi connectivity index (χ0v) is 15.1. The first kappa shape index (κ1) is 18.1. The van der Waals surface area contributed by atoms with E-state index in [1.165, 1.54) is 13.0 Å². The standard InChI is InChI=1S/C17H16ClN3O5/c1-4-26-17(25)13-12-14(21(19-13)9(3)22)16(24)20(15(12)23)10-6-5-8(2)11(18)7-10/h5-7,12,14H,4H2,1-3H3/t12-,14+/m0/s1. The van der Waals surface area contributed by atoms with Gasteiger partial charge >= 0.3 is 5.97 Å². The molecule has 0 spiro atoms. The molecule has 0 N–H and O–H groups in total. The topological polar surface area (TPSA) is 96.3 Å². The zero-order chi connectivity index (χ0) is 19.2. The number of esters is 1. The summed E-state index contributed by atoms with van der Waals surface area (Å²) in [5.41, 5.74) is 0.816. The molecule has 1 aromatic carbocycles. The molecule has 1 saturated heterocycles. The SMILES string of the molecule is CCOC(=O)C1=NN(C(C)=O)[C@H]2C(=O)N(c3ccc(C)c(Cl)c3)C(=O)[C@@H]12. The number of amides is 3. The summed E-state index contributed by atoms with van der Waals surface area (Å²) in [6.07, 6.45) is 0. The Morgan fingerprint density at radius 2 is 1.96 bits per heavy atom. The Hall–Kier alpha value is -2.74. The van der Waals surface area contributed by atoms with Crippen LogP contribution in [0.1, 0.15) is 19.4 Å². The van der Waals surface area contributed by atoms with Gasteiger partial charge < -0.3 is 4.74 Å². The highest BCUT2D eigenvalue weighted by atomic mass is 35.5. The van der Waals surface area contributed by atoms with Gasteiger partial charge in [0.25, 0.3) is 5.91 Å². The van der Waals surface area contributed by atoms with E-state index in [0.717, 1.165) is 15.5 Å². The first-order valence-electron chi connectivity index (χ1n) is 7.97. The summed E-state index contributed by atoms with van der Waals surface area (Å²) in [6.45, 7) is 4.68. The summed E-state index contributed by atoms with van der Waals surface area (Å²) in [6, 6.07) is 3.55. The molecule has 0 aromatic heterocycles. The molecule has 0 radical (unpaired) electrons. The second-order valence-electron chi connectivity index (χ2n) is 5.94. The van der Waals surface area contributed by atoms with Crippen LogP contribution >= 0.6 is 11.6 Å². The molecule has 3 amide bonds. The third-order valence-corrected chi connectivity index (χ3v) is 4.68. The zero-order valence-electron chi connectivity index (χ0n) is 14.4. The van der Waals surface area contributed by atoms with E-state index in [0.29, 0.717) is 5.02 Å². The van der Waals surface area contributed by atoms with Crippen molar-refractivity contribution in [3.8, 4) is 0 Å². The van der Waals surface area contributed by atoms with Crippen LogP contribution in [0.3, 0.4) is 0 Å². The van der Waals surface area contributed by atoms with Crippen molar-refractivity contribution in [1.82, 2.24) is 5.01 Å². The monoisotopic (exact) mass is 377 g/mol. The van der Waals surface area contributed by atoms with Crippen LogP contribution in [0.15, 0.2) is 23.3 Å². The van der Waals surface area contributed by atoms with Crippen molar-refractivity contribution in [3.63, 3.8) is 0 Å². The molecule has 26 heavy (non-hydrogen) atoms. The van der Waals surface area contributed by atoms with Crippen LogP contribution in [0.2, 0.25) is 5.02 Å². The number of carbonyl (C=O) groups is 4. The van der Waals surface area contributed by atoms with E-state index in [9.17, 15) is 19.2 Å². The van der Waals surface area contributed by atoms with Crippen molar-refractivity contribution in [2.75, 3.05) is 11.5 Å². The second-order valence-corrected chi connectivity index (χ2v) is 6.34. The van der Waals surface area contributed by atoms with Crippen molar-refractivity contribution in [1.29, 1.82) is 0 Å².